The SMILES string of the molecule is CCC(=O)N1CC[C@@H](c2ccc(F)cc2)[C@H](NC(=O)C(F)(F)F)C1. The molecule has 1 heterocycles. The second-order valence-corrected chi connectivity index (χ2v) is 5.72. The molecule has 0 aliphatic carbocycles. The molecule has 1 fully saturated rings. The molecule has 4 nitrogen and oxygen atoms in total. The smallest absolute Gasteiger partial charge is 0.343 e. The molecule has 1 aliphatic heterocycles. The highest BCUT2D eigenvalue weighted by molar-refractivity contribution is 5.82. The molecule has 0 radical (unpaired) electrons. The molecule has 0 bridgehead atoms. The molecule has 132 valence electrons. The summed E-state index contributed by atoms with van der Waals surface area (Å²) in [5.74, 6) is -3.09. The largest absolute Gasteiger partial charge is 0.471 e. The average Bonchev–Trinajstić information content (AvgIpc) is 2.54. The van der Waals surface area contributed by atoms with E-state index >= 15 is 0 Å². The first-order chi connectivity index (χ1) is 11.2. The van der Waals surface area contributed by atoms with Gasteiger partial charge in [-0.05, 0) is 24.1 Å². The highest BCUT2D eigenvalue weighted by Gasteiger charge is 2.42. The van der Waals surface area contributed by atoms with E-state index in [9.17, 15) is 27.2 Å². The van der Waals surface area contributed by atoms with Gasteiger partial charge in [0.25, 0.3) is 0 Å². The number of nitrogens with one attached hydrogen (secondary N) is 1. The van der Waals surface area contributed by atoms with Crippen molar-refractivity contribution in [2.45, 2.75) is 37.9 Å². The number of rotatable bonds is 3. The van der Waals surface area contributed by atoms with Crippen molar-refractivity contribution >= 4 is 11.8 Å². The van der Waals surface area contributed by atoms with Crippen LogP contribution in [0.2, 0.25) is 0 Å². The summed E-state index contributed by atoms with van der Waals surface area (Å²) in [4.78, 5) is 24.6. The van der Waals surface area contributed by atoms with Gasteiger partial charge in [-0.1, -0.05) is 19.1 Å². The molecular formula is C16H18F4N2O2. The van der Waals surface area contributed by atoms with E-state index in [1.54, 1.807) is 6.92 Å². The lowest BCUT2D eigenvalue weighted by atomic mass is 9.85. The number of hydrogen-bond acceptors (Lipinski definition) is 2. The van der Waals surface area contributed by atoms with Crippen molar-refractivity contribution in [3.8, 4) is 0 Å². The second kappa shape index (κ2) is 7.19. The van der Waals surface area contributed by atoms with Gasteiger partial charge in [-0.3, -0.25) is 9.59 Å². The van der Waals surface area contributed by atoms with Crippen LogP contribution < -0.4 is 5.32 Å². The Bertz CT molecular complexity index is 601. The van der Waals surface area contributed by atoms with Crippen LogP contribution >= 0.6 is 0 Å². The fraction of sp³-hybridized carbons (Fsp3) is 0.500. The maximum absolute atomic E-state index is 13.1. The Balaban J connectivity index is 2.22. The van der Waals surface area contributed by atoms with Gasteiger partial charge in [0.1, 0.15) is 5.82 Å². The lowest BCUT2D eigenvalue weighted by molar-refractivity contribution is -0.175. The van der Waals surface area contributed by atoms with Gasteiger partial charge in [0.05, 0.1) is 6.04 Å². The highest BCUT2D eigenvalue weighted by Crippen LogP contribution is 2.30. The Labute approximate surface area is 136 Å². The predicted octanol–water partition coefficient (Wildman–Crippen LogP) is 2.60. The van der Waals surface area contributed by atoms with Gasteiger partial charge in [0, 0.05) is 25.4 Å². The minimum atomic E-state index is -5.00. The molecule has 1 aliphatic rings. The summed E-state index contributed by atoms with van der Waals surface area (Å²) < 4.78 is 50.8. The van der Waals surface area contributed by atoms with Gasteiger partial charge >= 0.3 is 12.1 Å². The summed E-state index contributed by atoms with van der Waals surface area (Å²) in [6.07, 6.45) is -4.37. The number of amides is 2. The summed E-state index contributed by atoms with van der Waals surface area (Å²) in [6, 6.07) is 4.55. The third-order valence-electron chi connectivity index (χ3n) is 4.14. The van der Waals surface area contributed by atoms with E-state index in [2.05, 4.69) is 0 Å². The molecule has 1 N–H and O–H groups in total. The first-order valence-electron chi connectivity index (χ1n) is 7.63. The molecule has 0 saturated carbocycles. The van der Waals surface area contributed by atoms with Crippen LogP contribution in [0.1, 0.15) is 31.2 Å². The van der Waals surface area contributed by atoms with Crippen LogP contribution in [-0.2, 0) is 9.59 Å². The Hall–Kier alpha value is -2.12. The average molecular weight is 346 g/mol. The van der Waals surface area contributed by atoms with Crippen molar-refractivity contribution < 1.29 is 27.2 Å². The Kier molecular flexibility index (Phi) is 5.46. The standard InChI is InChI=1S/C16H18F4N2O2/c1-2-14(23)22-8-7-12(10-3-5-11(17)6-4-10)13(9-22)21-15(24)16(18,19)20/h3-6,12-13H,2,7-9H2,1H3,(H,21,24)/t12-,13+/m0/s1. The summed E-state index contributed by atoms with van der Waals surface area (Å²) >= 11 is 0. The van der Waals surface area contributed by atoms with Crippen LogP contribution in [0.25, 0.3) is 0 Å². The molecule has 2 amide bonds. The Morgan fingerprint density at radius 2 is 1.88 bits per heavy atom. The number of piperidine rings is 1. The van der Waals surface area contributed by atoms with E-state index in [0.29, 0.717) is 18.5 Å². The lowest BCUT2D eigenvalue weighted by Crippen LogP contribution is -2.55. The van der Waals surface area contributed by atoms with Crippen molar-refractivity contribution in [2.75, 3.05) is 13.1 Å². The van der Waals surface area contributed by atoms with E-state index in [0.717, 1.165) is 0 Å². The first-order valence-corrected chi connectivity index (χ1v) is 7.63. The zero-order chi connectivity index (χ0) is 17.9. The number of halogens is 4. The molecule has 24 heavy (non-hydrogen) atoms. The summed E-state index contributed by atoms with van der Waals surface area (Å²) in [7, 11) is 0. The minimum absolute atomic E-state index is 0.00344. The van der Waals surface area contributed by atoms with Crippen LogP contribution in [0, 0.1) is 5.82 Å². The summed E-state index contributed by atoms with van der Waals surface area (Å²) in [6.45, 7) is 2.04. The van der Waals surface area contributed by atoms with Crippen molar-refractivity contribution in [1.29, 1.82) is 0 Å². The summed E-state index contributed by atoms with van der Waals surface area (Å²) in [5.41, 5.74) is 0.632. The number of carbonyl (C=O) groups excluding carboxylic acids is 2. The molecular weight excluding hydrogens is 328 g/mol. The first kappa shape index (κ1) is 18.2. The fourth-order valence-corrected chi connectivity index (χ4v) is 2.91. The third kappa shape index (κ3) is 4.24. The zero-order valence-electron chi connectivity index (χ0n) is 13.1. The van der Waals surface area contributed by atoms with E-state index in [1.807, 2.05) is 5.32 Å². The predicted molar refractivity (Wildman–Crippen MR) is 78.6 cm³/mol. The van der Waals surface area contributed by atoms with Crippen LogP contribution in [0.3, 0.4) is 0 Å². The van der Waals surface area contributed by atoms with Crippen molar-refractivity contribution in [2.24, 2.45) is 0 Å². The van der Waals surface area contributed by atoms with Crippen LogP contribution in [0.4, 0.5) is 17.6 Å². The minimum Gasteiger partial charge on any atom is -0.343 e. The van der Waals surface area contributed by atoms with Crippen LogP contribution in [-0.4, -0.2) is 42.0 Å². The van der Waals surface area contributed by atoms with Gasteiger partial charge < -0.3 is 10.2 Å². The van der Waals surface area contributed by atoms with Gasteiger partial charge in [-0.2, -0.15) is 13.2 Å². The second-order valence-electron chi connectivity index (χ2n) is 5.72. The van der Waals surface area contributed by atoms with Crippen molar-refractivity contribution in [3.63, 3.8) is 0 Å². The van der Waals surface area contributed by atoms with E-state index in [4.69, 9.17) is 0 Å². The van der Waals surface area contributed by atoms with Crippen molar-refractivity contribution in [3.05, 3.63) is 35.6 Å². The number of carbonyl (C=O) groups is 2. The molecule has 1 aromatic rings. The van der Waals surface area contributed by atoms with Gasteiger partial charge in [-0.15, -0.1) is 0 Å². The lowest BCUT2D eigenvalue weighted by Gasteiger charge is -2.39. The maximum atomic E-state index is 13.1. The van der Waals surface area contributed by atoms with E-state index < -0.39 is 29.9 Å². The number of benzene rings is 1. The normalized spacial score (nSPS) is 21.5. The topological polar surface area (TPSA) is 49.4 Å². The number of hydrogen-bond donors (Lipinski definition) is 1. The maximum Gasteiger partial charge on any atom is 0.471 e. The monoisotopic (exact) mass is 346 g/mol. The van der Waals surface area contributed by atoms with E-state index in [1.165, 1.54) is 29.2 Å². The fourth-order valence-electron chi connectivity index (χ4n) is 2.91. The number of nitrogens with zero attached hydrogens (tertiary/aromatic N) is 1. The highest BCUT2D eigenvalue weighted by atomic mass is 19.4. The Morgan fingerprint density at radius 1 is 1.25 bits per heavy atom. The van der Waals surface area contributed by atoms with Crippen molar-refractivity contribution in [1.82, 2.24) is 10.2 Å². The molecule has 2 rings (SSSR count). The number of likely N-dealkylation sites (tertiary alicyclic amines) is 1. The molecule has 0 unspecified atom stereocenters. The number of alkyl halides is 3. The van der Waals surface area contributed by atoms with Crippen LogP contribution in [0.15, 0.2) is 24.3 Å². The van der Waals surface area contributed by atoms with Gasteiger partial charge in [-0.25, -0.2) is 4.39 Å². The molecule has 1 aromatic carbocycles. The molecule has 1 saturated heterocycles. The molecule has 2 atom stereocenters. The Morgan fingerprint density at radius 3 is 2.42 bits per heavy atom. The van der Waals surface area contributed by atoms with Gasteiger partial charge in [0.2, 0.25) is 5.91 Å². The van der Waals surface area contributed by atoms with Gasteiger partial charge in [0.15, 0.2) is 0 Å². The zero-order valence-corrected chi connectivity index (χ0v) is 13.1. The third-order valence-corrected chi connectivity index (χ3v) is 4.14. The molecule has 0 aromatic heterocycles. The molecule has 8 heteroatoms. The van der Waals surface area contributed by atoms with E-state index in [-0.39, 0.29) is 18.9 Å². The summed E-state index contributed by atoms with van der Waals surface area (Å²) in [5, 5.41) is 1.98. The van der Waals surface area contributed by atoms with Crippen LogP contribution in [0.5, 0.6) is 0 Å². The quantitative estimate of drug-likeness (QED) is 0.856. The molecule has 0 spiro atoms.